The summed E-state index contributed by atoms with van der Waals surface area (Å²) in [4.78, 5) is 12.1. The highest BCUT2D eigenvalue weighted by Gasteiger charge is 2.17. The average molecular weight is 490 g/mol. The van der Waals surface area contributed by atoms with E-state index in [1.165, 1.54) is 18.4 Å². The van der Waals surface area contributed by atoms with E-state index in [2.05, 4.69) is 26.6 Å². The van der Waals surface area contributed by atoms with Gasteiger partial charge in [0.15, 0.2) is 5.11 Å². The van der Waals surface area contributed by atoms with Crippen LogP contribution >= 0.6 is 62.7 Å². The molecule has 1 aromatic heterocycles. The first-order chi connectivity index (χ1) is 12.4. The maximum absolute atomic E-state index is 11.8. The predicted octanol–water partition coefficient (Wildman–Crippen LogP) is 6.57. The molecule has 0 atom stereocenters. The van der Waals surface area contributed by atoms with Crippen molar-refractivity contribution in [2.45, 2.75) is 0 Å². The quantitative estimate of drug-likeness (QED) is 0.322. The van der Waals surface area contributed by atoms with Gasteiger partial charge in [0.05, 0.1) is 17.2 Å². The summed E-state index contributed by atoms with van der Waals surface area (Å²) in [6.07, 6.45) is 0. The molecule has 3 rings (SSSR count). The average Bonchev–Trinajstić information content (AvgIpc) is 2.93. The van der Waals surface area contributed by atoms with Gasteiger partial charge < -0.3 is 15.4 Å². The lowest BCUT2D eigenvalue weighted by atomic mass is 10.2. The van der Waals surface area contributed by atoms with Crippen molar-refractivity contribution in [1.82, 2.24) is 0 Å². The Balaban J connectivity index is 1.78. The van der Waals surface area contributed by atoms with E-state index in [0.29, 0.717) is 20.0 Å². The van der Waals surface area contributed by atoms with Gasteiger partial charge in [-0.3, -0.25) is 0 Å². The fraction of sp³-hybridized carbons (Fsp3) is 0.0588. The van der Waals surface area contributed by atoms with Crippen molar-refractivity contribution in [3.63, 3.8) is 0 Å². The summed E-state index contributed by atoms with van der Waals surface area (Å²) in [5.74, 6) is -0.449. The first kappa shape index (κ1) is 19.4. The van der Waals surface area contributed by atoms with Gasteiger partial charge in [-0.1, -0.05) is 23.2 Å². The van der Waals surface area contributed by atoms with Gasteiger partial charge in [0.2, 0.25) is 0 Å². The van der Waals surface area contributed by atoms with Crippen LogP contribution in [-0.2, 0) is 4.74 Å². The molecule has 0 spiro atoms. The maximum atomic E-state index is 11.8. The molecule has 0 aliphatic rings. The van der Waals surface area contributed by atoms with Crippen molar-refractivity contribution in [1.29, 1.82) is 0 Å². The van der Waals surface area contributed by atoms with Gasteiger partial charge in [-0.25, -0.2) is 4.79 Å². The number of hydrogen-bond acceptors (Lipinski definition) is 4. The Kier molecular flexibility index (Phi) is 6.04. The molecule has 0 bridgehead atoms. The molecule has 2 aromatic carbocycles. The molecule has 0 saturated heterocycles. The number of benzene rings is 2. The van der Waals surface area contributed by atoms with Gasteiger partial charge in [0.25, 0.3) is 0 Å². The Labute approximate surface area is 177 Å². The van der Waals surface area contributed by atoms with Crippen LogP contribution in [0.3, 0.4) is 0 Å². The second-order valence-electron chi connectivity index (χ2n) is 5.16. The first-order valence-electron chi connectivity index (χ1n) is 7.22. The minimum absolute atomic E-state index is 0.381. The molecular weight excluding hydrogens is 479 g/mol. The Bertz CT molecular complexity index is 1020. The number of hydrogen-bond donors (Lipinski definition) is 2. The number of anilines is 2. The predicted molar refractivity (Wildman–Crippen MR) is 117 cm³/mol. The van der Waals surface area contributed by atoms with E-state index < -0.39 is 5.97 Å². The van der Waals surface area contributed by atoms with E-state index in [9.17, 15) is 4.79 Å². The largest absolute Gasteiger partial charge is 0.465 e. The Morgan fingerprint density at radius 3 is 2.46 bits per heavy atom. The summed E-state index contributed by atoms with van der Waals surface area (Å²) < 4.78 is 6.42. The molecule has 26 heavy (non-hydrogen) atoms. The number of carbonyl (C=O) groups excluding carboxylic acids is 1. The minimum atomic E-state index is -0.449. The number of nitrogens with one attached hydrogen (secondary N) is 2. The number of methoxy groups -OCH3 is 1. The third-order valence-electron chi connectivity index (χ3n) is 3.44. The number of thiophene rings is 1. The van der Waals surface area contributed by atoms with E-state index >= 15 is 0 Å². The zero-order valence-corrected chi connectivity index (χ0v) is 18.0. The minimum Gasteiger partial charge on any atom is -0.465 e. The normalized spacial score (nSPS) is 10.6. The first-order valence-corrected chi connectivity index (χ1v) is 10.00. The number of carbonyl (C=O) groups is 1. The van der Waals surface area contributed by atoms with Crippen molar-refractivity contribution < 1.29 is 9.53 Å². The van der Waals surface area contributed by atoms with Crippen molar-refractivity contribution in [3.8, 4) is 0 Å². The van der Waals surface area contributed by atoms with E-state index in [1.54, 1.807) is 6.07 Å². The molecule has 2 N–H and O–H groups in total. The highest BCUT2D eigenvalue weighted by Crippen LogP contribution is 2.37. The summed E-state index contributed by atoms with van der Waals surface area (Å²) in [7, 11) is 1.33. The lowest BCUT2D eigenvalue weighted by Crippen LogP contribution is -2.18. The van der Waals surface area contributed by atoms with Crippen LogP contribution < -0.4 is 10.6 Å². The fourth-order valence-electron chi connectivity index (χ4n) is 2.23. The molecule has 0 aliphatic carbocycles. The molecule has 0 unspecified atom stereocenters. The van der Waals surface area contributed by atoms with Crippen LogP contribution in [0.1, 0.15) is 9.67 Å². The van der Waals surface area contributed by atoms with Crippen LogP contribution in [0, 0.1) is 0 Å². The Morgan fingerprint density at radius 1 is 1.15 bits per heavy atom. The van der Waals surface area contributed by atoms with E-state index in [0.717, 1.165) is 25.9 Å². The molecule has 0 saturated carbocycles. The maximum Gasteiger partial charge on any atom is 0.349 e. The smallest absolute Gasteiger partial charge is 0.349 e. The number of esters is 1. The van der Waals surface area contributed by atoms with Gasteiger partial charge in [-0.05, 0) is 64.5 Å². The monoisotopic (exact) mass is 488 g/mol. The van der Waals surface area contributed by atoms with Gasteiger partial charge >= 0.3 is 5.97 Å². The summed E-state index contributed by atoms with van der Waals surface area (Å²) in [6.45, 7) is 0. The summed E-state index contributed by atoms with van der Waals surface area (Å²) >= 11 is 22.3. The van der Waals surface area contributed by atoms with Crippen molar-refractivity contribution in [3.05, 3.63) is 55.8 Å². The van der Waals surface area contributed by atoms with Gasteiger partial charge in [-0.2, -0.15) is 0 Å². The molecule has 3 aromatic rings. The third kappa shape index (κ3) is 4.13. The van der Waals surface area contributed by atoms with Crippen LogP contribution in [0.15, 0.2) is 40.9 Å². The zero-order chi connectivity index (χ0) is 18.8. The van der Waals surface area contributed by atoms with Crippen molar-refractivity contribution in [2.24, 2.45) is 0 Å². The Hall–Kier alpha value is -1.38. The SMILES string of the molecule is COC(=O)c1sc2cc(NC(=S)Nc3ccc(Br)c(Cl)c3)ccc2c1Cl. The van der Waals surface area contributed by atoms with Crippen LogP contribution in [0.25, 0.3) is 10.1 Å². The van der Waals surface area contributed by atoms with Gasteiger partial charge in [0.1, 0.15) is 4.88 Å². The molecular formula is C17H11BrCl2N2O2S2. The number of fused-ring (bicyclic) bond motifs is 1. The molecule has 4 nitrogen and oxygen atoms in total. The molecule has 0 fully saturated rings. The third-order valence-corrected chi connectivity index (χ3v) is 6.51. The molecule has 9 heteroatoms. The van der Waals surface area contributed by atoms with Crippen LogP contribution in [0.4, 0.5) is 11.4 Å². The van der Waals surface area contributed by atoms with Crippen LogP contribution in [0.5, 0.6) is 0 Å². The molecule has 1 heterocycles. The molecule has 0 amide bonds. The Morgan fingerprint density at radius 2 is 1.81 bits per heavy atom. The van der Waals surface area contributed by atoms with E-state index in [1.807, 2.05) is 30.3 Å². The number of ether oxygens (including phenoxy) is 1. The highest BCUT2D eigenvalue weighted by atomic mass is 79.9. The number of rotatable bonds is 3. The second-order valence-corrected chi connectivity index (χ2v) is 8.26. The zero-order valence-electron chi connectivity index (χ0n) is 13.2. The van der Waals surface area contributed by atoms with Crippen molar-refractivity contribution >= 4 is 95.2 Å². The molecule has 0 aliphatic heterocycles. The fourth-order valence-corrected chi connectivity index (χ4v) is 4.36. The number of halogens is 3. The summed E-state index contributed by atoms with van der Waals surface area (Å²) in [6, 6.07) is 11.0. The summed E-state index contributed by atoms with van der Waals surface area (Å²) in [5, 5.41) is 8.36. The van der Waals surface area contributed by atoms with Crippen molar-refractivity contribution in [2.75, 3.05) is 17.7 Å². The molecule has 134 valence electrons. The highest BCUT2D eigenvalue weighted by molar-refractivity contribution is 9.10. The summed E-state index contributed by atoms with van der Waals surface area (Å²) in [5.41, 5.74) is 1.54. The lowest BCUT2D eigenvalue weighted by Gasteiger charge is -2.11. The van der Waals surface area contributed by atoms with E-state index in [-0.39, 0.29) is 0 Å². The lowest BCUT2D eigenvalue weighted by molar-refractivity contribution is 0.0606. The van der Waals surface area contributed by atoms with E-state index in [4.69, 9.17) is 40.2 Å². The second kappa shape index (κ2) is 8.10. The topological polar surface area (TPSA) is 50.4 Å². The van der Waals surface area contributed by atoms with Crippen LogP contribution in [-0.4, -0.2) is 18.2 Å². The number of thiocarbonyl (C=S) groups is 1. The molecule has 0 radical (unpaired) electrons. The van der Waals surface area contributed by atoms with Crippen LogP contribution in [0.2, 0.25) is 10.0 Å². The standard InChI is InChI=1S/C17H11BrCl2N2O2S2/c1-24-16(23)15-14(20)10-4-2-9(7-13(10)26-15)22-17(25)21-8-3-5-11(18)12(19)6-8/h2-7H,1H3,(H2,21,22,25). The van der Waals surface area contributed by atoms with Gasteiger partial charge in [-0.15, -0.1) is 11.3 Å². The van der Waals surface area contributed by atoms with Gasteiger partial charge in [0, 0.05) is 25.9 Å².